The molecule has 1 atom stereocenters. The van der Waals surface area contributed by atoms with E-state index in [-0.39, 0.29) is 24.8 Å². The molecule has 1 fully saturated rings. The largest absolute Gasteiger partial charge is 0.508 e. The normalized spacial score (nSPS) is 16.6. The van der Waals surface area contributed by atoms with Crippen LogP contribution in [0.2, 0.25) is 0 Å². The second-order valence-corrected chi connectivity index (χ2v) is 5.79. The Morgan fingerprint density at radius 1 is 1.32 bits per heavy atom. The lowest BCUT2D eigenvalue weighted by atomic mass is 10.1. The number of phenolic OH excluding ortho intramolecular Hbond substituents is 1. The molecule has 0 unspecified atom stereocenters. The lowest BCUT2D eigenvalue weighted by Gasteiger charge is -2.21. The summed E-state index contributed by atoms with van der Waals surface area (Å²) >= 11 is 0. The number of nitrogens with one attached hydrogen (secondary N) is 1. The fraction of sp³-hybridized carbons (Fsp3) is 0.278. The Hall–Kier alpha value is -3.09. The zero-order valence-electron chi connectivity index (χ0n) is 13.6. The lowest BCUT2D eigenvalue weighted by molar-refractivity contribution is -0.124. The highest BCUT2D eigenvalue weighted by Gasteiger charge is 2.37. The fourth-order valence-corrected chi connectivity index (χ4v) is 2.69. The Morgan fingerprint density at radius 2 is 2.16 bits per heavy atom. The summed E-state index contributed by atoms with van der Waals surface area (Å²) in [4.78, 5) is 29.7. The van der Waals surface area contributed by atoms with Crippen LogP contribution in [0.4, 0.5) is 4.79 Å². The Kier molecular flexibility index (Phi) is 5.13. The number of amides is 2. The number of hydrogen-bond donors (Lipinski definition) is 2. The maximum atomic E-state index is 12.4. The van der Waals surface area contributed by atoms with E-state index >= 15 is 0 Å². The molecule has 1 aromatic carbocycles. The van der Waals surface area contributed by atoms with Gasteiger partial charge in [0.15, 0.2) is 0 Å². The van der Waals surface area contributed by atoms with Gasteiger partial charge in [-0.25, -0.2) is 4.79 Å². The van der Waals surface area contributed by atoms with Crippen molar-refractivity contribution in [2.24, 2.45) is 0 Å². The van der Waals surface area contributed by atoms with Crippen LogP contribution in [0.15, 0.2) is 48.8 Å². The minimum atomic E-state index is -0.677. The summed E-state index contributed by atoms with van der Waals surface area (Å²) in [5.41, 5.74) is 1.75. The van der Waals surface area contributed by atoms with Crippen LogP contribution in [-0.2, 0) is 22.5 Å². The summed E-state index contributed by atoms with van der Waals surface area (Å²) < 4.78 is 5.02. The predicted octanol–water partition coefficient (Wildman–Crippen LogP) is 1.47. The highest BCUT2D eigenvalue weighted by Crippen LogP contribution is 2.19. The molecular weight excluding hydrogens is 322 g/mol. The van der Waals surface area contributed by atoms with Crippen molar-refractivity contribution in [3.05, 3.63) is 59.9 Å². The van der Waals surface area contributed by atoms with E-state index in [1.807, 2.05) is 12.1 Å². The summed E-state index contributed by atoms with van der Waals surface area (Å²) in [6, 6.07) is 9.69. The van der Waals surface area contributed by atoms with E-state index in [1.54, 1.807) is 36.7 Å². The predicted molar refractivity (Wildman–Crippen MR) is 89.7 cm³/mol. The lowest BCUT2D eigenvalue weighted by Crippen LogP contribution is -2.45. The van der Waals surface area contributed by atoms with E-state index in [1.165, 1.54) is 4.90 Å². The van der Waals surface area contributed by atoms with Gasteiger partial charge in [0, 0.05) is 18.9 Å². The van der Waals surface area contributed by atoms with Gasteiger partial charge in [-0.3, -0.25) is 14.7 Å². The van der Waals surface area contributed by atoms with Crippen molar-refractivity contribution in [1.82, 2.24) is 15.2 Å². The highest BCUT2D eigenvalue weighted by atomic mass is 16.6. The first-order chi connectivity index (χ1) is 12.1. The molecule has 0 saturated carbocycles. The molecule has 130 valence electrons. The smallest absolute Gasteiger partial charge is 0.410 e. The molecule has 0 aliphatic carbocycles. The number of carbonyl (C=O) groups is 2. The van der Waals surface area contributed by atoms with Crippen LogP contribution in [0.5, 0.6) is 5.75 Å². The number of aromatic nitrogens is 1. The summed E-state index contributed by atoms with van der Waals surface area (Å²) in [5.74, 6) is -0.141. The topological polar surface area (TPSA) is 91.8 Å². The molecule has 7 nitrogen and oxygen atoms in total. The number of ether oxygens (including phenoxy) is 1. The molecule has 0 bridgehead atoms. The standard InChI is InChI=1S/C18H19N3O4/c22-15-5-1-3-14(9-15)11-21-16(12-25-18(21)24)17(23)20-8-6-13-4-2-7-19-10-13/h1-5,7,9-10,16,22H,6,8,11-12H2,(H,20,23)/t16-/m0/s1. The van der Waals surface area contributed by atoms with Gasteiger partial charge in [0.25, 0.3) is 0 Å². The second kappa shape index (κ2) is 7.65. The highest BCUT2D eigenvalue weighted by molar-refractivity contribution is 5.87. The van der Waals surface area contributed by atoms with Crippen LogP contribution in [-0.4, -0.2) is 46.2 Å². The van der Waals surface area contributed by atoms with Gasteiger partial charge in [0.05, 0.1) is 6.54 Å². The molecule has 2 aromatic rings. The number of phenols is 1. The summed E-state index contributed by atoms with van der Waals surface area (Å²) in [5, 5.41) is 12.4. The molecular formula is C18H19N3O4. The van der Waals surface area contributed by atoms with Crippen molar-refractivity contribution in [3.63, 3.8) is 0 Å². The third-order valence-corrected chi connectivity index (χ3v) is 3.98. The maximum absolute atomic E-state index is 12.4. The van der Waals surface area contributed by atoms with Crippen molar-refractivity contribution in [3.8, 4) is 5.75 Å². The molecule has 1 aliphatic heterocycles. The van der Waals surface area contributed by atoms with Gasteiger partial charge in [0.1, 0.15) is 18.4 Å². The number of pyridine rings is 1. The fourth-order valence-electron chi connectivity index (χ4n) is 2.69. The average molecular weight is 341 g/mol. The number of hydrogen-bond acceptors (Lipinski definition) is 5. The zero-order valence-corrected chi connectivity index (χ0v) is 13.6. The van der Waals surface area contributed by atoms with Gasteiger partial charge in [0.2, 0.25) is 5.91 Å². The van der Waals surface area contributed by atoms with Crippen molar-refractivity contribution in [2.75, 3.05) is 13.2 Å². The van der Waals surface area contributed by atoms with Crippen LogP contribution < -0.4 is 5.32 Å². The van der Waals surface area contributed by atoms with Crippen molar-refractivity contribution in [1.29, 1.82) is 0 Å². The van der Waals surface area contributed by atoms with Gasteiger partial charge in [-0.2, -0.15) is 0 Å². The monoisotopic (exact) mass is 341 g/mol. The molecule has 7 heteroatoms. The minimum absolute atomic E-state index is 0.0242. The van der Waals surface area contributed by atoms with Crippen molar-refractivity contribution >= 4 is 12.0 Å². The number of nitrogens with zero attached hydrogens (tertiary/aromatic N) is 2. The van der Waals surface area contributed by atoms with Crippen LogP contribution in [0.1, 0.15) is 11.1 Å². The van der Waals surface area contributed by atoms with Gasteiger partial charge < -0.3 is 15.2 Å². The molecule has 1 aliphatic rings. The van der Waals surface area contributed by atoms with E-state index in [4.69, 9.17) is 4.74 Å². The molecule has 2 amide bonds. The summed E-state index contributed by atoms with van der Waals surface area (Å²) in [6.07, 6.45) is 3.58. The summed E-state index contributed by atoms with van der Waals surface area (Å²) in [6.45, 7) is 0.680. The Bertz CT molecular complexity index is 751. The van der Waals surface area contributed by atoms with Crippen LogP contribution in [0, 0.1) is 0 Å². The second-order valence-electron chi connectivity index (χ2n) is 5.79. The van der Waals surface area contributed by atoms with Crippen LogP contribution >= 0.6 is 0 Å². The quantitative estimate of drug-likeness (QED) is 0.830. The molecule has 25 heavy (non-hydrogen) atoms. The third-order valence-electron chi connectivity index (χ3n) is 3.98. The molecule has 0 radical (unpaired) electrons. The number of cyclic esters (lactones) is 1. The van der Waals surface area contributed by atoms with Crippen molar-refractivity contribution in [2.45, 2.75) is 19.0 Å². The van der Waals surface area contributed by atoms with Crippen LogP contribution in [0.25, 0.3) is 0 Å². The molecule has 0 spiro atoms. The first-order valence-electron chi connectivity index (χ1n) is 8.01. The van der Waals surface area contributed by atoms with Gasteiger partial charge >= 0.3 is 6.09 Å². The van der Waals surface area contributed by atoms with Crippen LogP contribution in [0.3, 0.4) is 0 Å². The number of rotatable bonds is 6. The molecule has 1 saturated heterocycles. The number of benzene rings is 1. The Balaban J connectivity index is 1.57. The minimum Gasteiger partial charge on any atom is -0.508 e. The Labute approximate surface area is 145 Å². The first kappa shape index (κ1) is 16.8. The molecule has 2 N–H and O–H groups in total. The van der Waals surface area contributed by atoms with E-state index in [2.05, 4.69) is 10.3 Å². The third kappa shape index (κ3) is 4.26. The Morgan fingerprint density at radius 3 is 2.92 bits per heavy atom. The molecule has 3 rings (SSSR count). The molecule has 2 heterocycles. The zero-order chi connectivity index (χ0) is 17.6. The van der Waals surface area contributed by atoms with Crippen molar-refractivity contribution < 1.29 is 19.4 Å². The number of carbonyl (C=O) groups excluding carboxylic acids is 2. The average Bonchev–Trinajstić information content (AvgIpc) is 2.97. The van der Waals surface area contributed by atoms with Gasteiger partial charge in [-0.1, -0.05) is 18.2 Å². The van der Waals surface area contributed by atoms with Gasteiger partial charge in [-0.05, 0) is 35.7 Å². The SMILES string of the molecule is O=C(NCCc1cccnc1)[C@@H]1COC(=O)N1Cc1cccc(O)c1. The number of aromatic hydroxyl groups is 1. The van der Waals surface area contributed by atoms with E-state index in [0.717, 1.165) is 11.1 Å². The maximum Gasteiger partial charge on any atom is 0.410 e. The van der Waals surface area contributed by atoms with E-state index in [0.29, 0.717) is 13.0 Å². The summed E-state index contributed by atoms with van der Waals surface area (Å²) in [7, 11) is 0. The van der Waals surface area contributed by atoms with E-state index in [9.17, 15) is 14.7 Å². The van der Waals surface area contributed by atoms with Gasteiger partial charge in [-0.15, -0.1) is 0 Å². The first-order valence-corrected chi connectivity index (χ1v) is 8.01. The van der Waals surface area contributed by atoms with E-state index < -0.39 is 12.1 Å². The molecule has 1 aromatic heterocycles.